The zero-order valence-corrected chi connectivity index (χ0v) is 11.6. The van der Waals surface area contributed by atoms with Gasteiger partial charge in [-0.2, -0.15) is 0 Å². The number of allylic oxidation sites excluding steroid dienone is 2. The zero-order chi connectivity index (χ0) is 15.2. The SMILES string of the molecule is CC/C(=C/C(=O)c1ccccc1)Nc1ccc(F)c(F)c1. The predicted molar refractivity (Wildman–Crippen MR) is 79.1 cm³/mol. The molecular formula is C17H15F2NO. The first kappa shape index (κ1) is 14.9. The number of carbonyl (C=O) groups excluding carboxylic acids is 1. The van der Waals surface area contributed by atoms with Crippen molar-refractivity contribution in [3.05, 3.63) is 77.5 Å². The topological polar surface area (TPSA) is 29.1 Å². The van der Waals surface area contributed by atoms with Crippen LogP contribution in [-0.2, 0) is 0 Å². The van der Waals surface area contributed by atoms with Crippen LogP contribution in [0.25, 0.3) is 0 Å². The first-order valence-electron chi connectivity index (χ1n) is 6.62. The summed E-state index contributed by atoms with van der Waals surface area (Å²) in [6, 6.07) is 12.4. The maximum absolute atomic E-state index is 13.2. The fourth-order valence-electron chi connectivity index (χ4n) is 1.83. The number of halogens is 2. The Balaban J connectivity index is 2.17. The van der Waals surface area contributed by atoms with Crippen molar-refractivity contribution < 1.29 is 13.6 Å². The van der Waals surface area contributed by atoms with Crippen LogP contribution in [0.2, 0.25) is 0 Å². The van der Waals surface area contributed by atoms with Gasteiger partial charge in [0.2, 0.25) is 0 Å². The minimum Gasteiger partial charge on any atom is -0.359 e. The van der Waals surface area contributed by atoms with Crippen LogP contribution in [0.5, 0.6) is 0 Å². The lowest BCUT2D eigenvalue weighted by Crippen LogP contribution is -2.04. The van der Waals surface area contributed by atoms with Crippen molar-refractivity contribution >= 4 is 11.5 Å². The largest absolute Gasteiger partial charge is 0.359 e. The molecule has 0 aromatic heterocycles. The lowest BCUT2D eigenvalue weighted by atomic mass is 10.1. The average Bonchev–Trinajstić information content (AvgIpc) is 2.51. The van der Waals surface area contributed by atoms with Crippen LogP contribution in [0, 0.1) is 11.6 Å². The van der Waals surface area contributed by atoms with Crippen molar-refractivity contribution in [2.45, 2.75) is 13.3 Å². The van der Waals surface area contributed by atoms with Gasteiger partial charge in [0, 0.05) is 29.1 Å². The first-order valence-corrected chi connectivity index (χ1v) is 6.62. The van der Waals surface area contributed by atoms with E-state index in [2.05, 4.69) is 5.32 Å². The summed E-state index contributed by atoms with van der Waals surface area (Å²) < 4.78 is 26.0. The molecule has 0 unspecified atom stereocenters. The first-order chi connectivity index (χ1) is 10.1. The maximum atomic E-state index is 13.2. The molecule has 0 aliphatic rings. The number of benzene rings is 2. The van der Waals surface area contributed by atoms with Crippen molar-refractivity contribution in [2.24, 2.45) is 0 Å². The van der Waals surface area contributed by atoms with Gasteiger partial charge in [-0.3, -0.25) is 4.79 Å². The summed E-state index contributed by atoms with van der Waals surface area (Å²) in [5.41, 5.74) is 1.62. The molecule has 0 aliphatic heterocycles. The van der Waals surface area contributed by atoms with E-state index in [-0.39, 0.29) is 5.78 Å². The second-order valence-corrected chi connectivity index (χ2v) is 4.51. The third-order valence-corrected chi connectivity index (χ3v) is 2.97. The van der Waals surface area contributed by atoms with Gasteiger partial charge in [-0.15, -0.1) is 0 Å². The second kappa shape index (κ2) is 6.79. The van der Waals surface area contributed by atoms with Crippen molar-refractivity contribution in [3.63, 3.8) is 0 Å². The molecule has 4 heteroatoms. The highest BCUT2D eigenvalue weighted by Gasteiger charge is 2.06. The highest BCUT2D eigenvalue weighted by atomic mass is 19.2. The van der Waals surface area contributed by atoms with Gasteiger partial charge in [0.1, 0.15) is 0 Å². The number of hydrogen-bond donors (Lipinski definition) is 1. The highest BCUT2D eigenvalue weighted by molar-refractivity contribution is 6.05. The van der Waals surface area contributed by atoms with Crippen LogP contribution in [0.1, 0.15) is 23.7 Å². The van der Waals surface area contributed by atoms with E-state index in [0.29, 0.717) is 23.4 Å². The Morgan fingerprint density at radius 3 is 2.43 bits per heavy atom. The van der Waals surface area contributed by atoms with Crippen molar-refractivity contribution in [3.8, 4) is 0 Å². The summed E-state index contributed by atoms with van der Waals surface area (Å²) in [5, 5.41) is 2.93. The normalized spacial score (nSPS) is 11.3. The minimum absolute atomic E-state index is 0.137. The molecule has 2 rings (SSSR count). The van der Waals surface area contributed by atoms with E-state index < -0.39 is 11.6 Å². The molecule has 2 aromatic rings. The van der Waals surface area contributed by atoms with E-state index in [1.54, 1.807) is 24.3 Å². The summed E-state index contributed by atoms with van der Waals surface area (Å²) in [4.78, 5) is 12.1. The number of hydrogen-bond acceptors (Lipinski definition) is 2. The van der Waals surface area contributed by atoms with E-state index >= 15 is 0 Å². The van der Waals surface area contributed by atoms with Crippen molar-refractivity contribution in [1.82, 2.24) is 0 Å². The van der Waals surface area contributed by atoms with Crippen LogP contribution in [0.15, 0.2) is 60.3 Å². The molecule has 1 N–H and O–H groups in total. The molecule has 0 radical (unpaired) electrons. The van der Waals surface area contributed by atoms with Crippen molar-refractivity contribution in [2.75, 3.05) is 5.32 Å². The smallest absolute Gasteiger partial charge is 0.187 e. The molecular weight excluding hydrogens is 272 g/mol. The van der Waals surface area contributed by atoms with E-state index in [1.165, 1.54) is 12.1 Å². The summed E-state index contributed by atoms with van der Waals surface area (Å²) >= 11 is 0. The summed E-state index contributed by atoms with van der Waals surface area (Å²) in [5.74, 6) is -1.96. The van der Waals surface area contributed by atoms with Crippen LogP contribution >= 0.6 is 0 Å². The number of carbonyl (C=O) groups is 1. The number of rotatable bonds is 5. The van der Waals surface area contributed by atoms with E-state index in [0.717, 1.165) is 12.1 Å². The molecule has 0 saturated heterocycles. The lowest BCUT2D eigenvalue weighted by Gasteiger charge is -2.09. The predicted octanol–water partition coefficient (Wildman–Crippen LogP) is 4.55. The molecule has 21 heavy (non-hydrogen) atoms. The third-order valence-electron chi connectivity index (χ3n) is 2.97. The Morgan fingerprint density at radius 1 is 1.10 bits per heavy atom. The van der Waals surface area contributed by atoms with Gasteiger partial charge in [-0.25, -0.2) is 8.78 Å². The maximum Gasteiger partial charge on any atom is 0.187 e. The van der Waals surface area contributed by atoms with Gasteiger partial charge in [-0.05, 0) is 18.6 Å². The Kier molecular flexibility index (Phi) is 4.82. The van der Waals surface area contributed by atoms with Crippen LogP contribution < -0.4 is 5.32 Å². The van der Waals surface area contributed by atoms with E-state index in [9.17, 15) is 13.6 Å². The molecule has 2 aromatic carbocycles. The molecule has 0 heterocycles. The van der Waals surface area contributed by atoms with E-state index in [4.69, 9.17) is 0 Å². The summed E-state index contributed by atoms with van der Waals surface area (Å²) in [6.45, 7) is 1.87. The summed E-state index contributed by atoms with van der Waals surface area (Å²) in [6.07, 6.45) is 2.04. The second-order valence-electron chi connectivity index (χ2n) is 4.51. The van der Waals surface area contributed by atoms with Gasteiger partial charge >= 0.3 is 0 Å². The molecule has 0 aliphatic carbocycles. The molecule has 0 amide bonds. The zero-order valence-electron chi connectivity index (χ0n) is 11.6. The molecule has 0 saturated carbocycles. The molecule has 108 valence electrons. The van der Waals surface area contributed by atoms with Crippen LogP contribution in [0.3, 0.4) is 0 Å². The Labute approximate surface area is 122 Å². The summed E-state index contributed by atoms with van der Waals surface area (Å²) in [7, 11) is 0. The molecule has 2 nitrogen and oxygen atoms in total. The van der Waals surface area contributed by atoms with Crippen LogP contribution in [-0.4, -0.2) is 5.78 Å². The fourth-order valence-corrected chi connectivity index (χ4v) is 1.83. The van der Waals surface area contributed by atoms with Gasteiger partial charge in [0.15, 0.2) is 17.4 Å². The van der Waals surface area contributed by atoms with Gasteiger partial charge < -0.3 is 5.32 Å². The quantitative estimate of drug-likeness (QED) is 0.645. The number of nitrogens with one attached hydrogen (secondary N) is 1. The van der Waals surface area contributed by atoms with Gasteiger partial charge in [-0.1, -0.05) is 37.3 Å². The minimum atomic E-state index is -0.926. The number of anilines is 1. The monoisotopic (exact) mass is 287 g/mol. The molecule has 0 spiro atoms. The lowest BCUT2D eigenvalue weighted by molar-refractivity contribution is 0.104. The van der Waals surface area contributed by atoms with Gasteiger partial charge in [0.05, 0.1) is 0 Å². The average molecular weight is 287 g/mol. The molecule has 0 bridgehead atoms. The standard InChI is InChI=1S/C17H15F2NO/c1-2-13(11-17(21)12-6-4-3-5-7-12)20-14-8-9-15(18)16(19)10-14/h3-11,20H,2H2,1H3/b13-11-. The van der Waals surface area contributed by atoms with Gasteiger partial charge in [0.25, 0.3) is 0 Å². The Bertz CT molecular complexity index is 666. The molecule has 0 atom stereocenters. The van der Waals surface area contributed by atoms with E-state index in [1.807, 2.05) is 13.0 Å². The third kappa shape index (κ3) is 3.99. The number of ketones is 1. The highest BCUT2D eigenvalue weighted by Crippen LogP contribution is 2.16. The Morgan fingerprint density at radius 2 is 1.81 bits per heavy atom. The van der Waals surface area contributed by atoms with Crippen molar-refractivity contribution in [1.29, 1.82) is 0 Å². The molecule has 0 fully saturated rings. The Hall–Kier alpha value is -2.49. The fraction of sp³-hybridized carbons (Fsp3) is 0.118. The van der Waals surface area contributed by atoms with Crippen LogP contribution in [0.4, 0.5) is 14.5 Å².